The number of fused-ring (bicyclic) bond motifs is 1. The zero-order chi connectivity index (χ0) is 25.7. The van der Waals surface area contributed by atoms with E-state index in [1.54, 1.807) is 30.3 Å². The molecule has 0 bridgehead atoms. The lowest BCUT2D eigenvalue weighted by Gasteiger charge is -2.30. The lowest BCUT2D eigenvalue weighted by Crippen LogP contribution is -2.39. The van der Waals surface area contributed by atoms with Gasteiger partial charge in [0.05, 0.1) is 24.1 Å². The highest BCUT2D eigenvalue weighted by molar-refractivity contribution is 7.92. The monoisotopic (exact) mass is 518 g/mol. The van der Waals surface area contributed by atoms with Crippen LogP contribution in [0, 0.1) is 0 Å². The molecule has 1 fully saturated rings. The third-order valence-electron chi connectivity index (χ3n) is 6.80. The number of benzene rings is 2. The van der Waals surface area contributed by atoms with E-state index in [2.05, 4.69) is 5.32 Å². The number of carboxylic acid groups (broad SMARTS) is 1. The lowest BCUT2D eigenvalue weighted by molar-refractivity contribution is 0.0696. The number of nitrogens with zero attached hydrogens (tertiary/aromatic N) is 1. The lowest BCUT2D eigenvalue weighted by atomic mass is 9.81. The van der Waals surface area contributed by atoms with Crippen molar-refractivity contribution in [3.63, 3.8) is 0 Å². The van der Waals surface area contributed by atoms with Crippen LogP contribution in [0.3, 0.4) is 0 Å². The predicted molar refractivity (Wildman–Crippen MR) is 137 cm³/mol. The van der Waals surface area contributed by atoms with Crippen molar-refractivity contribution in [2.75, 3.05) is 36.9 Å². The summed E-state index contributed by atoms with van der Waals surface area (Å²) >= 11 is 0. The molecule has 1 atom stereocenters. The summed E-state index contributed by atoms with van der Waals surface area (Å²) in [6.07, 6.45) is 5.02. The zero-order valence-corrected chi connectivity index (χ0v) is 21.2. The zero-order valence-electron chi connectivity index (χ0n) is 20.4. The summed E-state index contributed by atoms with van der Waals surface area (Å²) in [5.74, 6) is 0.481. The molecular weight excluding hydrogens is 484 g/mol. The number of aliphatic hydroxyl groups is 1. The highest BCUT2D eigenvalue weighted by Crippen LogP contribution is 2.36. The molecule has 196 valence electrons. The largest absolute Gasteiger partial charge is 0.491 e. The standard InChI is InChI=1S/C26H34N2O7S/c1-36(32,33)28-13-2-14-34-25-12-11-23(15-24(25)28)35-17-22(29)16-27-21-9-7-19(8-10-21)18-3-5-20(6-4-18)26(30)31/h3-6,11-12,15,19,21-22,27,29H,2,7-10,13-14,16-17H2,1H3,(H,30,31)/t19?,21?,22-/m0/s1. The quantitative estimate of drug-likeness (QED) is 0.463. The minimum absolute atomic E-state index is 0.0801. The molecule has 2 aromatic rings. The van der Waals surface area contributed by atoms with Gasteiger partial charge in [-0.05, 0) is 61.4 Å². The van der Waals surface area contributed by atoms with Crippen molar-refractivity contribution in [2.24, 2.45) is 0 Å². The molecule has 2 aromatic carbocycles. The molecule has 1 heterocycles. The second-order valence-corrected chi connectivity index (χ2v) is 11.4. The van der Waals surface area contributed by atoms with Crippen LogP contribution in [0.1, 0.15) is 53.9 Å². The molecule has 9 nitrogen and oxygen atoms in total. The van der Waals surface area contributed by atoms with Crippen LogP contribution in [0.4, 0.5) is 5.69 Å². The van der Waals surface area contributed by atoms with Crippen LogP contribution in [-0.4, -0.2) is 69.3 Å². The fraction of sp³-hybridized carbons (Fsp3) is 0.500. The van der Waals surface area contributed by atoms with Gasteiger partial charge in [0.2, 0.25) is 10.0 Å². The van der Waals surface area contributed by atoms with Crippen molar-refractivity contribution in [1.29, 1.82) is 0 Å². The summed E-state index contributed by atoms with van der Waals surface area (Å²) in [6.45, 7) is 1.27. The minimum atomic E-state index is -3.44. The molecule has 2 aliphatic rings. The van der Waals surface area contributed by atoms with E-state index in [9.17, 15) is 18.3 Å². The van der Waals surface area contributed by atoms with E-state index in [0.29, 0.717) is 60.8 Å². The number of rotatable bonds is 9. The Morgan fingerprint density at radius 1 is 1.17 bits per heavy atom. The number of anilines is 1. The number of nitrogens with one attached hydrogen (secondary N) is 1. The van der Waals surface area contributed by atoms with Crippen LogP contribution >= 0.6 is 0 Å². The van der Waals surface area contributed by atoms with Crippen LogP contribution in [0.5, 0.6) is 11.5 Å². The summed E-state index contributed by atoms with van der Waals surface area (Å²) in [6, 6.07) is 12.5. The van der Waals surface area contributed by atoms with Gasteiger partial charge in [-0.3, -0.25) is 4.31 Å². The van der Waals surface area contributed by atoms with Crippen LogP contribution in [0.2, 0.25) is 0 Å². The van der Waals surface area contributed by atoms with Crippen LogP contribution in [0.15, 0.2) is 42.5 Å². The molecular formula is C26H34N2O7S. The Labute approximate surface area is 212 Å². The van der Waals surface area contributed by atoms with Gasteiger partial charge in [-0.1, -0.05) is 12.1 Å². The maximum atomic E-state index is 12.2. The number of aliphatic hydroxyl groups excluding tert-OH is 1. The number of sulfonamides is 1. The Morgan fingerprint density at radius 2 is 1.89 bits per heavy atom. The van der Waals surface area contributed by atoms with Crippen LogP contribution in [0.25, 0.3) is 0 Å². The number of aromatic carboxylic acids is 1. The van der Waals surface area contributed by atoms with Gasteiger partial charge in [0, 0.05) is 31.6 Å². The highest BCUT2D eigenvalue weighted by Gasteiger charge is 2.25. The number of ether oxygens (including phenoxy) is 2. The summed E-state index contributed by atoms with van der Waals surface area (Å²) in [5, 5.41) is 22.9. The Bertz CT molecular complexity index is 1150. The molecule has 36 heavy (non-hydrogen) atoms. The first-order valence-electron chi connectivity index (χ1n) is 12.3. The molecule has 0 aromatic heterocycles. The summed E-state index contributed by atoms with van der Waals surface area (Å²) < 4.78 is 37.2. The van der Waals surface area contributed by atoms with Crippen LogP contribution in [-0.2, 0) is 10.0 Å². The number of hydrogen-bond donors (Lipinski definition) is 3. The van der Waals surface area contributed by atoms with Crippen molar-refractivity contribution < 1.29 is 32.9 Å². The van der Waals surface area contributed by atoms with E-state index in [4.69, 9.17) is 14.6 Å². The minimum Gasteiger partial charge on any atom is -0.491 e. The number of hydrogen-bond acceptors (Lipinski definition) is 7. The first-order valence-corrected chi connectivity index (χ1v) is 14.2. The Hall–Kier alpha value is -2.82. The van der Waals surface area contributed by atoms with Gasteiger partial charge in [-0.2, -0.15) is 0 Å². The molecule has 4 rings (SSSR count). The van der Waals surface area contributed by atoms with E-state index < -0.39 is 22.1 Å². The average molecular weight is 519 g/mol. The third-order valence-corrected chi connectivity index (χ3v) is 7.98. The smallest absolute Gasteiger partial charge is 0.335 e. The Morgan fingerprint density at radius 3 is 2.56 bits per heavy atom. The summed E-state index contributed by atoms with van der Waals surface area (Å²) in [7, 11) is -3.44. The highest BCUT2D eigenvalue weighted by atomic mass is 32.2. The van der Waals surface area contributed by atoms with E-state index in [1.165, 1.54) is 16.1 Å². The van der Waals surface area contributed by atoms with Crippen molar-refractivity contribution in [3.05, 3.63) is 53.6 Å². The Kier molecular flexibility index (Phi) is 8.38. The topological polar surface area (TPSA) is 125 Å². The Balaban J connectivity index is 1.23. The van der Waals surface area contributed by atoms with Gasteiger partial charge >= 0.3 is 5.97 Å². The maximum absolute atomic E-state index is 12.2. The van der Waals surface area contributed by atoms with Gasteiger partial charge in [-0.25, -0.2) is 13.2 Å². The molecule has 0 saturated heterocycles. The van der Waals surface area contributed by atoms with Crippen molar-refractivity contribution in [3.8, 4) is 11.5 Å². The second kappa shape index (κ2) is 11.5. The molecule has 10 heteroatoms. The number of carbonyl (C=O) groups is 1. The molecule has 1 aliphatic heterocycles. The van der Waals surface area contributed by atoms with Crippen molar-refractivity contribution in [1.82, 2.24) is 5.32 Å². The first-order chi connectivity index (χ1) is 17.2. The molecule has 0 unspecified atom stereocenters. The van der Waals surface area contributed by atoms with Gasteiger partial charge in [-0.15, -0.1) is 0 Å². The summed E-state index contributed by atoms with van der Waals surface area (Å²) in [4.78, 5) is 11.0. The van der Waals surface area contributed by atoms with Crippen molar-refractivity contribution in [2.45, 2.75) is 50.2 Å². The first kappa shape index (κ1) is 26.2. The number of carboxylic acids is 1. The van der Waals surface area contributed by atoms with Gasteiger partial charge < -0.3 is 25.0 Å². The fourth-order valence-electron chi connectivity index (χ4n) is 4.84. The molecule has 1 aliphatic carbocycles. The van der Waals surface area contributed by atoms with E-state index in [0.717, 1.165) is 25.7 Å². The van der Waals surface area contributed by atoms with Gasteiger partial charge in [0.15, 0.2) is 0 Å². The van der Waals surface area contributed by atoms with Gasteiger partial charge in [0.1, 0.15) is 24.2 Å². The predicted octanol–water partition coefficient (Wildman–Crippen LogP) is 2.99. The molecule has 0 spiro atoms. The second-order valence-electron chi connectivity index (χ2n) is 9.52. The molecule has 3 N–H and O–H groups in total. The van der Waals surface area contributed by atoms with Gasteiger partial charge in [0.25, 0.3) is 0 Å². The third kappa shape index (κ3) is 6.68. The molecule has 0 amide bonds. The fourth-order valence-corrected chi connectivity index (χ4v) is 5.80. The van der Waals surface area contributed by atoms with Crippen molar-refractivity contribution >= 4 is 21.7 Å². The SMILES string of the molecule is CS(=O)(=O)N1CCCOc2ccc(OC[C@@H](O)CNC3CCC(c4ccc(C(=O)O)cc4)CC3)cc21. The molecule has 0 radical (unpaired) electrons. The summed E-state index contributed by atoms with van der Waals surface area (Å²) in [5.41, 5.74) is 1.93. The van der Waals surface area contributed by atoms with E-state index in [1.807, 2.05) is 12.1 Å². The van der Waals surface area contributed by atoms with Crippen LogP contribution < -0.4 is 19.1 Å². The maximum Gasteiger partial charge on any atom is 0.335 e. The molecule has 1 saturated carbocycles. The normalized spacial score (nSPS) is 21.1. The van der Waals surface area contributed by atoms with E-state index in [-0.39, 0.29) is 6.61 Å². The van der Waals surface area contributed by atoms with E-state index >= 15 is 0 Å². The average Bonchev–Trinajstić information content (AvgIpc) is 3.09.